The number of hydrogen-bond donors (Lipinski definition) is 2. The molecule has 4 nitrogen and oxygen atoms in total. The molecule has 0 saturated carbocycles. The molecular formula is C14H14O4. The maximum absolute atomic E-state index is 11.1. The Kier molecular flexibility index (Phi) is 3.60. The van der Waals surface area contributed by atoms with E-state index in [2.05, 4.69) is 0 Å². The summed E-state index contributed by atoms with van der Waals surface area (Å²) in [5, 5.41) is 19.3. The average molecular weight is 246 g/mol. The van der Waals surface area contributed by atoms with Crippen molar-refractivity contribution in [2.24, 2.45) is 5.92 Å². The quantitative estimate of drug-likeness (QED) is 0.794. The van der Waals surface area contributed by atoms with E-state index in [1.807, 2.05) is 30.3 Å². The Bertz CT molecular complexity index is 478. The molecule has 0 bridgehead atoms. The smallest absolute Gasteiger partial charge is 0.316 e. The van der Waals surface area contributed by atoms with Crippen LogP contribution >= 0.6 is 0 Å². The molecule has 2 unspecified atom stereocenters. The van der Waals surface area contributed by atoms with Gasteiger partial charge in [0.15, 0.2) is 0 Å². The fraction of sp³-hybridized carbons (Fsp3) is 0.214. The van der Waals surface area contributed by atoms with Crippen molar-refractivity contribution in [3.05, 3.63) is 60.2 Å². The van der Waals surface area contributed by atoms with Crippen LogP contribution in [0.15, 0.2) is 54.6 Å². The van der Waals surface area contributed by atoms with Crippen LogP contribution < -0.4 is 0 Å². The van der Waals surface area contributed by atoms with E-state index in [1.54, 1.807) is 12.2 Å². The van der Waals surface area contributed by atoms with E-state index in [0.29, 0.717) is 0 Å². The van der Waals surface area contributed by atoms with Crippen LogP contribution in [0, 0.1) is 5.92 Å². The number of rotatable bonds is 4. The molecule has 0 fully saturated rings. The number of ether oxygens (including phenoxy) is 1. The molecule has 2 rings (SSSR count). The molecule has 2 atom stereocenters. The Balaban J connectivity index is 2.09. The Morgan fingerprint density at radius 3 is 2.67 bits per heavy atom. The summed E-state index contributed by atoms with van der Waals surface area (Å²) in [5.41, 5.74) is 0.873. The summed E-state index contributed by atoms with van der Waals surface area (Å²) in [6.45, 7) is 0.152. The van der Waals surface area contributed by atoms with Crippen LogP contribution in [0.4, 0.5) is 0 Å². The predicted octanol–water partition coefficient (Wildman–Crippen LogP) is 1.72. The van der Waals surface area contributed by atoms with Crippen molar-refractivity contribution < 1.29 is 19.7 Å². The van der Waals surface area contributed by atoms with E-state index >= 15 is 0 Å². The van der Waals surface area contributed by atoms with Gasteiger partial charge in [-0.3, -0.25) is 4.79 Å². The number of carboxylic acids is 1. The van der Waals surface area contributed by atoms with Gasteiger partial charge in [-0.2, -0.15) is 0 Å². The number of carbonyl (C=O) groups is 1. The number of hydrogen-bond acceptors (Lipinski definition) is 3. The lowest BCUT2D eigenvalue weighted by molar-refractivity contribution is -0.207. The fourth-order valence-corrected chi connectivity index (χ4v) is 1.78. The zero-order valence-electron chi connectivity index (χ0n) is 9.69. The van der Waals surface area contributed by atoms with E-state index in [9.17, 15) is 9.90 Å². The minimum absolute atomic E-state index is 0.152. The molecule has 0 aromatic heterocycles. The van der Waals surface area contributed by atoms with Crippen molar-refractivity contribution in [3.63, 3.8) is 0 Å². The number of aliphatic carboxylic acids is 1. The normalized spacial score (nSPS) is 26.2. The van der Waals surface area contributed by atoms with Crippen molar-refractivity contribution in [1.29, 1.82) is 0 Å². The first kappa shape index (κ1) is 12.5. The van der Waals surface area contributed by atoms with E-state index in [4.69, 9.17) is 9.84 Å². The van der Waals surface area contributed by atoms with Gasteiger partial charge in [-0.05, 0) is 11.6 Å². The topological polar surface area (TPSA) is 66.8 Å². The highest BCUT2D eigenvalue weighted by molar-refractivity contribution is 5.74. The second kappa shape index (κ2) is 5.16. The minimum atomic E-state index is -1.80. The average Bonchev–Trinajstić information content (AvgIpc) is 2.38. The van der Waals surface area contributed by atoms with E-state index in [0.717, 1.165) is 5.56 Å². The fourth-order valence-electron chi connectivity index (χ4n) is 1.78. The molecule has 4 heteroatoms. The van der Waals surface area contributed by atoms with Gasteiger partial charge in [0, 0.05) is 0 Å². The Hall–Kier alpha value is -1.91. The zero-order valence-corrected chi connectivity index (χ0v) is 9.69. The molecule has 1 aromatic rings. The van der Waals surface area contributed by atoms with E-state index in [1.165, 1.54) is 12.2 Å². The highest BCUT2D eigenvalue weighted by Gasteiger charge is 2.40. The summed E-state index contributed by atoms with van der Waals surface area (Å²) in [6.07, 6.45) is 5.92. The van der Waals surface area contributed by atoms with Crippen LogP contribution in [0.1, 0.15) is 5.56 Å². The summed E-state index contributed by atoms with van der Waals surface area (Å²) < 4.78 is 5.37. The van der Waals surface area contributed by atoms with Gasteiger partial charge in [0.2, 0.25) is 5.79 Å². The first-order valence-electron chi connectivity index (χ1n) is 5.61. The van der Waals surface area contributed by atoms with Gasteiger partial charge >= 0.3 is 5.97 Å². The molecule has 0 saturated heterocycles. The van der Waals surface area contributed by atoms with E-state index in [-0.39, 0.29) is 6.61 Å². The van der Waals surface area contributed by atoms with Gasteiger partial charge in [-0.15, -0.1) is 0 Å². The molecule has 18 heavy (non-hydrogen) atoms. The standard InChI is InChI=1S/C14H14O4/c15-13(16)12-8-4-5-9-14(12,17)18-10-11-6-2-1-3-7-11/h1-9,12,17H,10H2,(H,15,16). The summed E-state index contributed by atoms with van der Waals surface area (Å²) >= 11 is 0. The molecule has 0 radical (unpaired) electrons. The van der Waals surface area contributed by atoms with Crippen LogP contribution in [0.25, 0.3) is 0 Å². The number of carboxylic acid groups (broad SMARTS) is 1. The first-order valence-corrected chi connectivity index (χ1v) is 5.61. The van der Waals surface area contributed by atoms with Crippen LogP contribution in [0.2, 0.25) is 0 Å². The largest absolute Gasteiger partial charge is 0.481 e. The third kappa shape index (κ3) is 2.67. The number of aliphatic hydroxyl groups is 1. The monoisotopic (exact) mass is 246 g/mol. The summed E-state index contributed by atoms with van der Waals surface area (Å²) in [6, 6.07) is 9.28. The molecule has 1 aliphatic carbocycles. The van der Waals surface area contributed by atoms with Crippen LogP contribution in [-0.4, -0.2) is 22.0 Å². The molecule has 2 N–H and O–H groups in total. The highest BCUT2D eigenvalue weighted by atomic mass is 16.6. The molecule has 0 aliphatic heterocycles. The zero-order chi connectivity index (χ0) is 13.0. The third-order valence-electron chi connectivity index (χ3n) is 2.77. The summed E-state index contributed by atoms with van der Waals surface area (Å²) in [7, 11) is 0. The van der Waals surface area contributed by atoms with Crippen LogP contribution in [-0.2, 0) is 16.1 Å². The van der Waals surface area contributed by atoms with Crippen LogP contribution in [0.3, 0.4) is 0 Å². The first-order chi connectivity index (χ1) is 8.62. The molecule has 1 aromatic carbocycles. The lowest BCUT2D eigenvalue weighted by Crippen LogP contribution is -2.43. The molecular weight excluding hydrogens is 232 g/mol. The number of benzene rings is 1. The molecule has 0 heterocycles. The lowest BCUT2D eigenvalue weighted by atomic mass is 9.94. The molecule has 94 valence electrons. The third-order valence-corrected chi connectivity index (χ3v) is 2.77. The lowest BCUT2D eigenvalue weighted by Gasteiger charge is -2.30. The second-order valence-electron chi connectivity index (χ2n) is 4.09. The maximum atomic E-state index is 11.1. The maximum Gasteiger partial charge on any atom is 0.316 e. The Morgan fingerprint density at radius 2 is 2.00 bits per heavy atom. The van der Waals surface area contributed by atoms with Gasteiger partial charge in [0.25, 0.3) is 0 Å². The van der Waals surface area contributed by atoms with Crippen molar-refractivity contribution in [2.75, 3.05) is 0 Å². The van der Waals surface area contributed by atoms with Crippen molar-refractivity contribution in [1.82, 2.24) is 0 Å². The van der Waals surface area contributed by atoms with Gasteiger partial charge < -0.3 is 14.9 Å². The second-order valence-corrected chi connectivity index (χ2v) is 4.09. The van der Waals surface area contributed by atoms with Crippen LogP contribution in [0.5, 0.6) is 0 Å². The van der Waals surface area contributed by atoms with Gasteiger partial charge in [-0.1, -0.05) is 48.6 Å². The van der Waals surface area contributed by atoms with Crippen molar-refractivity contribution >= 4 is 5.97 Å². The van der Waals surface area contributed by atoms with Crippen molar-refractivity contribution in [2.45, 2.75) is 12.4 Å². The molecule has 1 aliphatic rings. The van der Waals surface area contributed by atoms with E-state index < -0.39 is 17.7 Å². The Labute approximate surface area is 105 Å². The summed E-state index contributed by atoms with van der Waals surface area (Å²) in [5.74, 6) is -4.01. The highest BCUT2D eigenvalue weighted by Crippen LogP contribution is 2.27. The van der Waals surface area contributed by atoms with Gasteiger partial charge in [0.05, 0.1) is 6.61 Å². The van der Waals surface area contributed by atoms with Gasteiger partial charge in [-0.25, -0.2) is 0 Å². The minimum Gasteiger partial charge on any atom is -0.481 e. The van der Waals surface area contributed by atoms with Crippen molar-refractivity contribution in [3.8, 4) is 0 Å². The Morgan fingerprint density at radius 1 is 1.28 bits per heavy atom. The SMILES string of the molecule is O=C(O)C1C=CC=CC1(O)OCc1ccccc1. The number of allylic oxidation sites excluding steroid dienone is 2. The van der Waals surface area contributed by atoms with Gasteiger partial charge in [0.1, 0.15) is 5.92 Å². The molecule has 0 spiro atoms. The molecule has 0 amide bonds. The summed E-state index contributed by atoms with van der Waals surface area (Å²) in [4.78, 5) is 11.1. The predicted molar refractivity (Wildman–Crippen MR) is 65.6 cm³/mol.